The molecule has 1 aliphatic carbocycles. The van der Waals surface area contributed by atoms with Crippen molar-refractivity contribution in [2.45, 2.75) is 37.8 Å². The predicted octanol–water partition coefficient (Wildman–Crippen LogP) is 2.74. The van der Waals surface area contributed by atoms with Crippen LogP contribution in [0.3, 0.4) is 0 Å². The Kier molecular flexibility index (Phi) is 4.49. The van der Waals surface area contributed by atoms with Gasteiger partial charge in [0.15, 0.2) is 0 Å². The van der Waals surface area contributed by atoms with Crippen LogP contribution in [0.5, 0.6) is 5.75 Å². The second-order valence-corrected chi connectivity index (χ2v) is 5.33. The summed E-state index contributed by atoms with van der Waals surface area (Å²) in [6.45, 7) is 0.809. The van der Waals surface area contributed by atoms with Gasteiger partial charge in [0.2, 0.25) is 0 Å². The number of halogens is 1. The molecule has 0 aliphatic heterocycles. The minimum atomic E-state index is -0.135. The summed E-state index contributed by atoms with van der Waals surface area (Å²) >= 11 is 6.20. The summed E-state index contributed by atoms with van der Waals surface area (Å²) in [6.07, 6.45) is 4.40. The van der Waals surface area contributed by atoms with Crippen molar-refractivity contribution in [1.82, 2.24) is 5.32 Å². The Morgan fingerprint density at radius 2 is 2.11 bits per heavy atom. The van der Waals surface area contributed by atoms with Gasteiger partial charge in [-0.3, -0.25) is 0 Å². The minimum Gasteiger partial charge on any atom is -0.496 e. The normalized spacial score (nSPS) is 17.9. The van der Waals surface area contributed by atoms with Gasteiger partial charge in [-0.25, -0.2) is 0 Å². The molecule has 3 nitrogen and oxygen atoms in total. The van der Waals surface area contributed by atoms with E-state index in [1.807, 2.05) is 18.2 Å². The topological polar surface area (TPSA) is 41.5 Å². The lowest BCUT2D eigenvalue weighted by Gasteiger charge is -2.28. The quantitative estimate of drug-likeness (QED) is 0.864. The standard InChI is InChI=1S/C14H20ClNO2/c1-18-13-6-4-5-12(15)11(13)9-16-14(10-17)7-2-3-8-14/h4-6,16-17H,2-3,7-10H2,1H3. The van der Waals surface area contributed by atoms with Crippen molar-refractivity contribution in [3.8, 4) is 5.75 Å². The lowest BCUT2D eigenvalue weighted by atomic mass is 9.98. The summed E-state index contributed by atoms with van der Waals surface area (Å²) in [5.41, 5.74) is 0.825. The molecule has 0 unspecified atom stereocenters. The maximum atomic E-state index is 9.56. The molecule has 0 radical (unpaired) electrons. The van der Waals surface area contributed by atoms with E-state index >= 15 is 0 Å². The Morgan fingerprint density at radius 3 is 2.72 bits per heavy atom. The minimum absolute atomic E-state index is 0.135. The number of benzene rings is 1. The number of methoxy groups -OCH3 is 1. The Morgan fingerprint density at radius 1 is 1.39 bits per heavy atom. The van der Waals surface area contributed by atoms with Crippen molar-refractivity contribution in [2.24, 2.45) is 0 Å². The molecule has 100 valence electrons. The highest BCUT2D eigenvalue weighted by atomic mass is 35.5. The van der Waals surface area contributed by atoms with Gasteiger partial charge >= 0.3 is 0 Å². The second-order valence-electron chi connectivity index (χ2n) is 4.92. The molecule has 0 heterocycles. The van der Waals surface area contributed by atoms with E-state index in [4.69, 9.17) is 16.3 Å². The third kappa shape index (κ3) is 2.79. The first kappa shape index (κ1) is 13.7. The first-order valence-corrected chi connectivity index (χ1v) is 6.76. The van der Waals surface area contributed by atoms with Crippen LogP contribution in [-0.4, -0.2) is 24.4 Å². The Labute approximate surface area is 113 Å². The SMILES string of the molecule is COc1cccc(Cl)c1CNC1(CO)CCCC1. The summed E-state index contributed by atoms with van der Waals surface area (Å²) in [6, 6.07) is 5.65. The third-order valence-electron chi connectivity index (χ3n) is 3.80. The summed E-state index contributed by atoms with van der Waals surface area (Å²) in [4.78, 5) is 0. The number of rotatable bonds is 5. The summed E-state index contributed by atoms with van der Waals surface area (Å²) in [5, 5.41) is 13.7. The Bertz CT molecular complexity index is 403. The Balaban J connectivity index is 2.10. The van der Waals surface area contributed by atoms with Gasteiger partial charge in [0.1, 0.15) is 5.75 Å². The maximum Gasteiger partial charge on any atom is 0.124 e. The molecule has 2 rings (SSSR count). The smallest absolute Gasteiger partial charge is 0.124 e. The van der Waals surface area contributed by atoms with E-state index in [1.54, 1.807) is 7.11 Å². The van der Waals surface area contributed by atoms with Gasteiger partial charge in [0.25, 0.3) is 0 Å². The zero-order valence-corrected chi connectivity index (χ0v) is 11.5. The molecule has 1 aromatic rings. The maximum absolute atomic E-state index is 9.56. The first-order valence-electron chi connectivity index (χ1n) is 6.38. The molecular formula is C14H20ClNO2. The molecule has 2 N–H and O–H groups in total. The van der Waals surface area contributed by atoms with Crippen molar-refractivity contribution >= 4 is 11.6 Å². The molecule has 0 amide bonds. The van der Waals surface area contributed by atoms with Crippen molar-refractivity contribution in [1.29, 1.82) is 0 Å². The van der Waals surface area contributed by atoms with Crippen LogP contribution in [0.4, 0.5) is 0 Å². The van der Waals surface area contributed by atoms with E-state index in [1.165, 1.54) is 12.8 Å². The van der Waals surface area contributed by atoms with Crippen LogP contribution in [0.25, 0.3) is 0 Å². The molecule has 1 aromatic carbocycles. The largest absolute Gasteiger partial charge is 0.496 e. The summed E-state index contributed by atoms with van der Waals surface area (Å²) < 4.78 is 5.32. The van der Waals surface area contributed by atoms with Crippen molar-refractivity contribution in [3.63, 3.8) is 0 Å². The highest BCUT2D eigenvalue weighted by molar-refractivity contribution is 6.31. The van der Waals surface area contributed by atoms with E-state index in [2.05, 4.69) is 5.32 Å². The second kappa shape index (κ2) is 5.91. The monoisotopic (exact) mass is 269 g/mol. The third-order valence-corrected chi connectivity index (χ3v) is 4.15. The predicted molar refractivity (Wildman–Crippen MR) is 73.1 cm³/mol. The number of ether oxygens (including phenoxy) is 1. The van der Waals surface area contributed by atoms with Gasteiger partial charge in [-0.05, 0) is 25.0 Å². The van der Waals surface area contributed by atoms with Gasteiger partial charge in [0.05, 0.1) is 13.7 Å². The molecule has 0 saturated heterocycles. The molecule has 0 atom stereocenters. The van der Waals surface area contributed by atoms with Crippen LogP contribution in [0.1, 0.15) is 31.2 Å². The van der Waals surface area contributed by atoms with E-state index in [0.29, 0.717) is 11.6 Å². The highest BCUT2D eigenvalue weighted by Gasteiger charge is 2.32. The highest BCUT2D eigenvalue weighted by Crippen LogP contribution is 2.31. The van der Waals surface area contributed by atoms with Gasteiger partial charge < -0.3 is 15.2 Å². The number of nitrogens with one attached hydrogen (secondary N) is 1. The molecule has 1 saturated carbocycles. The van der Waals surface area contributed by atoms with Crippen molar-refractivity contribution < 1.29 is 9.84 Å². The average Bonchev–Trinajstić information content (AvgIpc) is 2.86. The van der Waals surface area contributed by atoms with E-state index < -0.39 is 0 Å². The van der Waals surface area contributed by atoms with E-state index in [0.717, 1.165) is 24.2 Å². The van der Waals surface area contributed by atoms with Crippen LogP contribution in [0, 0.1) is 0 Å². The summed E-state index contributed by atoms with van der Waals surface area (Å²) in [5.74, 6) is 0.793. The van der Waals surface area contributed by atoms with Gasteiger partial charge in [0, 0.05) is 22.7 Å². The fraction of sp³-hybridized carbons (Fsp3) is 0.571. The lowest BCUT2D eigenvalue weighted by Crippen LogP contribution is -2.45. The van der Waals surface area contributed by atoms with Crippen molar-refractivity contribution in [3.05, 3.63) is 28.8 Å². The molecule has 18 heavy (non-hydrogen) atoms. The molecule has 1 aliphatic rings. The number of hydrogen-bond acceptors (Lipinski definition) is 3. The molecule has 0 bridgehead atoms. The number of hydrogen-bond donors (Lipinski definition) is 2. The lowest BCUT2D eigenvalue weighted by molar-refractivity contribution is 0.162. The number of aliphatic hydroxyl groups excluding tert-OH is 1. The van der Waals surface area contributed by atoms with Gasteiger partial charge in [-0.15, -0.1) is 0 Å². The van der Waals surface area contributed by atoms with Crippen LogP contribution >= 0.6 is 11.6 Å². The average molecular weight is 270 g/mol. The first-order chi connectivity index (χ1) is 8.71. The number of aliphatic hydroxyl groups is 1. The molecule has 4 heteroatoms. The zero-order chi connectivity index (χ0) is 13.0. The Hall–Kier alpha value is -0.770. The van der Waals surface area contributed by atoms with Crippen molar-refractivity contribution in [2.75, 3.05) is 13.7 Å². The van der Waals surface area contributed by atoms with Crippen LogP contribution in [0.2, 0.25) is 5.02 Å². The fourth-order valence-electron chi connectivity index (χ4n) is 2.62. The van der Waals surface area contributed by atoms with Crippen LogP contribution < -0.4 is 10.1 Å². The van der Waals surface area contributed by atoms with Crippen LogP contribution in [0.15, 0.2) is 18.2 Å². The van der Waals surface area contributed by atoms with Gasteiger partial charge in [-0.2, -0.15) is 0 Å². The van der Waals surface area contributed by atoms with E-state index in [9.17, 15) is 5.11 Å². The van der Waals surface area contributed by atoms with E-state index in [-0.39, 0.29) is 12.1 Å². The van der Waals surface area contributed by atoms with Gasteiger partial charge in [-0.1, -0.05) is 30.5 Å². The fourth-order valence-corrected chi connectivity index (χ4v) is 2.85. The molecule has 0 aromatic heterocycles. The molecule has 0 spiro atoms. The summed E-state index contributed by atoms with van der Waals surface area (Å²) in [7, 11) is 1.65. The zero-order valence-electron chi connectivity index (χ0n) is 10.7. The van der Waals surface area contributed by atoms with Crippen LogP contribution in [-0.2, 0) is 6.54 Å². The molecular weight excluding hydrogens is 250 g/mol. The molecule has 1 fully saturated rings.